The summed E-state index contributed by atoms with van der Waals surface area (Å²) in [5.41, 5.74) is 0. The van der Waals surface area contributed by atoms with E-state index in [1.54, 1.807) is 11.8 Å². The highest BCUT2D eigenvalue weighted by Gasteiger charge is 2.27. The molecule has 1 aromatic rings. The Kier molecular flexibility index (Phi) is 3.74. The highest BCUT2D eigenvalue weighted by molar-refractivity contribution is 7.99. The molecule has 0 aliphatic heterocycles. The lowest BCUT2D eigenvalue weighted by atomic mass is 10.6. The predicted octanol–water partition coefficient (Wildman–Crippen LogP) is 0.876. The van der Waals surface area contributed by atoms with Crippen LogP contribution in [-0.4, -0.2) is 39.0 Å². The van der Waals surface area contributed by atoms with E-state index in [-0.39, 0.29) is 0 Å². The van der Waals surface area contributed by atoms with Crippen LogP contribution in [-0.2, 0) is 0 Å². The van der Waals surface area contributed by atoms with Crippen molar-refractivity contribution in [3.8, 4) is 0 Å². The van der Waals surface area contributed by atoms with E-state index in [0.29, 0.717) is 6.04 Å². The minimum Gasteiger partial charge on any atom is -0.312 e. The summed E-state index contributed by atoms with van der Waals surface area (Å²) in [6.45, 7) is 5.46. The molecule has 15 heavy (non-hydrogen) atoms. The van der Waals surface area contributed by atoms with Gasteiger partial charge in [0.25, 0.3) is 0 Å². The molecule has 0 unspecified atom stereocenters. The molecule has 0 amide bonds. The first-order valence-electron chi connectivity index (χ1n) is 5.14. The third-order valence-corrected chi connectivity index (χ3v) is 3.09. The van der Waals surface area contributed by atoms with Gasteiger partial charge in [-0.3, -0.25) is 0 Å². The van der Waals surface area contributed by atoms with Crippen molar-refractivity contribution in [1.82, 2.24) is 25.5 Å². The van der Waals surface area contributed by atoms with Crippen molar-refractivity contribution >= 4 is 11.8 Å². The van der Waals surface area contributed by atoms with Crippen LogP contribution in [0, 0.1) is 0 Å². The molecule has 6 heteroatoms. The van der Waals surface area contributed by atoms with Gasteiger partial charge in [-0.15, -0.1) is 11.7 Å². The second kappa shape index (κ2) is 5.27. The van der Waals surface area contributed by atoms with Crippen molar-refractivity contribution in [2.24, 2.45) is 0 Å². The number of hydrogen-bond acceptors (Lipinski definition) is 5. The second-order valence-corrected chi connectivity index (χ2v) is 4.54. The molecule has 0 radical (unpaired) electrons. The smallest absolute Gasteiger partial charge is 0.209 e. The van der Waals surface area contributed by atoms with Crippen molar-refractivity contribution in [1.29, 1.82) is 0 Å². The first-order chi connectivity index (χ1) is 7.42. The van der Waals surface area contributed by atoms with Gasteiger partial charge in [-0.2, -0.15) is 0 Å². The van der Waals surface area contributed by atoms with Crippen LogP contribution in [0.4, 0.5) is 0 Å². The molecule has 1 saturated carbocycles. The van der Waals surface area contributed by atoms with Gasteiger partial charge in [0.15, 0.2) is 0 Å². The number of hydrogen-bond donors (Lipinski definition) is 1. The summed E-state index contributed by atoms with van der Waals surface area (Å²) >= 11 is 1.70. The zero-order valence-electron chi connectivity index (χ0n) is 8.59. The van der Waals surface area contributed by atoms with Crippen LogP contribution < -0.4 is 5.32 Å². The maximum absolute atomic E-state index is 4.01. The Balaban J connectivity index is 1.73. The fourth-order valence-corrected chi connectivity index (χ4v) is 2.09. The fraction of sp³-hybridized carbons (Fsp3) is 0.667. The molecule has 0 saturated heterocycles. The summed E-state index contributed by atoms with van der Waals surface area (Å²) in [4.78, 5) is 0. The molecule has 0 spiro atoms. The Labute approximate surface area is 93.3 Å². The SMILES string of the molecule is C=CCNCCSc1nnnn1C1CC1. The normalized spacial score (nSPS) is 15.5. The molecule has 2 rings (SSSR count). The summed E-state index contributed by atoms with van der Waals surface area (Å²) in [6.07, 6.45) is 4.29. The molecular formula is C9H15N5S. The molecule has 0 aromatic carbocycles. The maximum atomic E-state index is 4.01. The summed E-state index contributed by atoms with van der Waals surface area (Å²) in [6, 6.07) is 0.559. The molecule has 1 aliphatic rings. The van der Waals surface area contributed by atoms with E-state index in [4.69, 9.17) is 0 Å². The first-order valence-corrected chi connectivity index (χ1v) is 6.12. The van der Waals surface area contributed by atoms with Gasteiger partial charge in [-0.1, -0.05) is 17.8 Å². The van der Waals surface area contributed by atoms with Crippen molar-refractivity contribution in [2.45, 2.75) is 24.0 Å². The van der Waals surface area contributed by atoms with Gasteiger partial charge < -0.3 is 5.32 Å². The number of thioether (sulfide) groups is 1. The highest BCUT2D eigenvalue weighted by atomic mass is 32.2. The van der Waals surface area contributed by atoms with E-state index in [2.05, 4.69) is 27.4 Å². The number of nitrogens with one attached hydrogen (secondary N) is 1. The van der Waals surface area contributed by atoms with E-state index in [1.165, 1.54) is 12.8 Å². The van der Waals surface area contributed by atoms with Gasteiger partial charge >= 0.3 is 0 Å². The van der Waals surface area contributed by atoms with Crippen LogP contribution in [0.3, 0.4) is 0 Å². The van der Waals surface area contributed by atoms with E-state index in [9.17, 15) is 0 Å². The molecule has 82 valence electrons. The van der Waals surface area contributed by atoms with Crippen molar-refractivity contribution < 1.29 is 0 Å². The fourth-order valence-electron chi connectivity index (χ4n) is 1.25. The van der Waals surface area contributed by atoms with Gasteiger partial charge in [0, 0.05) is 18.8 Å². The minimum atomic E-state index is 0.559. The van der Waals surface area contributed by atoms with Gasteiger partial charge in [0.2, 0.25) is 5.16 Å². The van der Waals surface area contributed by atoms with Crippen molar-refractivity contribution in [2.75, 3.05) is 18.8 Å². The Morgan fingerprint density at radius 1 is 1.60 bits per heavy atom. The average Bonchev–Trinajstić information content (AvgIpc) is 2.99. The number of aromatic nitrogens is 4. The molecule has 1 heterocycles. The van der Waals surface area contributed by atoms with E-state index < -0.39 is 0 Å². The topological polar surface area (TPSA) is 55.6 Å². The van der Waals surface area contributed by atoms with E-state index >= 15 is 0 Å². The van der Waals surface area contributed by atoms with Crippen LogP contribution in [0.15, 0.2) is 17.8 Å². The lowest BCUT2D eigenvalue weighted by Gasteiger charge is -2.02. The van der Waals surface area contributed by atoms with E-state index in [0.717, 1.165) is 24.0 Å². The summed E-state index contributed by atoms with van der Waals surface area (Å²) < 4.78 is 1.94. The van der Waals surface area contributed by atoms with Crippen LogP contribution in [0.5, 0.6) is 0 Å². The van der Waals surface area contributed by atoms with Gasteiger partial charge in [-0.25, -0.2) is 4.68 Å². The van der Waals surface area contributed by atoms with Gasteiger partial charge in [0.05, 0.1) is 6.04 Å². The largest absolute Gasteiger partial charge is 0.312 e. The molecule has 1 fully saturated rings. The predicted molar refractivity (Wildman–Crippen MR) is 59.9 cm³/mol. The quantitative estimate of drug-likeness (QED) is 0.424. The number of rotatable bonds is 7. The molecular weight excluding hydrogens is 210 g/mol. The molecule has 5 nitrogen and oxygen atoms in total. The van der Waals surface area contributed by atoms with Gasteiger partial charge in [-0.05, 0) is 23.3 Å². The lowest BCUT2D eigenvalue weighted by molar-refractivity contribution is 0.565. The monoisotopic (exact) mass is 225 g/mol. The van der Waals surface area contributed by atoms with Gasteiger partial charge in [0.1, 0.15) is 0 Å². The van der Waals surface area contributed by atoms with E-state index in [1.807, 2.05) is 10.8 Å². The molecule has 1 aromatic heterocycles. The van der Waals surface area contributed by atoms with Crippen molar-refractivity contribution in [3.05, 3.63) is 12.7 Å². The zero-order valence-corrected chi connectivity index (χ0v) is 9.41. The second-order valence-electron chi connectivity index (χ2n) is 3.48. The summed E-state index contributed by atoms with van der Waals surface area (Å²) in [5.74, 6) is 0.987. The Morgan fingerprint density at radius 3 is 3.20 bits per heavy atom. The average molecular weight is 225 g/mol. The Hall–Kier alpha value is -0.880. The Morgan fingerprint density at radius 2 is 2.47 bits per heavy atom. The van der Waals surface area contributed by atoms with Crippen LogP contribution in [0.2, 0.25) is 0 Å². The highest BCUT2D eigenvalue weighted by Crippen LogP contribution is 2.36. The van der Waals surface area contributed by atoms with Crippen molar-refractivity contribution in [3.63, 3.8) is 0 Å². The molecule has 0 bridgehead atoms. The molecule has 1 N–H and O–H groups in total. The maximum Gasteiger partial charge on any atom is 0.209 e. The number of tetrazole rings is 1. The zero-order chi connectivity index (χ0) is 10.5. The summed E-state index contributed by atoms with van der Waals surface area (Å²) in [5, 5.41) is 15.9. The Bertz CT molecular complexity index is 320. The standard InChI is InChI=1S/C9H15N5S/c1-2-5-10-6-7-15-9-11-12-13-14(9)8-3-4-8/h2,8,10H,1,3-7H2. The summed E-state index contributed by atoms with van der Waals surface area (Å²) in [7, 11) is 0. The number of nitrogens with zero attached hydrogens (tertiary/aromatic N) is 4. The first kappa shape index (κ1) is 10.6. The third kappa shape index (κ3) is 3.04. The lowest BCUT2D eigenvalue weighted by Crippen LogP contribution is -2.16. The molecule has 1 aliphatic carbocycles. The minimum absolute atomic E-state index is 0.559. The van der Waals surface area contributed by atoms with Crippen LogP contribution >= 0.6 is 11.8 Å². The molecule has 0 atom stereocenters. The van der Waals surface area contributed by atoms with Crippen LogP contribution in [0.25, 0.3) is 0 Å². The third-order valence-electron chi connectivity index (χ3n) is 2.15. The van der Waals surface area contributed by atoms with Crippen LogP contribution in [0.1, 0.15) is 18.9 Å².